The summed E-state index contributed by atoms with van der Waals surface area (Å²) in [5, 5.41) is 7.76. The van der Waals surface area contributed by atoms with Crippen LogP contribution in [0.5, 0.6) is 5.75 Å². The van der Waals surface area contributed by atoms with Crippen molar-refractivity contribution in [2.75, 3.05) is 12.4 Å². The number of amides is 2. The fourth-order valence-electron chi connectivity index (χ4n) is 2.39. The van der Waals surface area contributed by atoms with Gasteiger partial charge in [-0.1, -0.05) is 15.9 Å². The molecule has 8 heteroatoms. The van der Waals surface area contributed by atoms with Crippen LogP contribution in [0.1, 0.15) is 17.3 Å². The predicted molar refractivity (Wildman–Crippen MR) is 114 cm³/mol. The number of nitrogens with zero attached hydrogens (tertiary/aromatic N) is 1. The highest BCUT2D eigenvalue weighted by atomic mass is 79.9. The highest BCUT2D eigenvalue weighted by Crippen LogP contribution is 2.26. The molecule has 3 aromatic rings. The fraction of sp³-hybridized carbons (Fsp3) is 0.150. The average molecular weight is 460 g/mol. The van der Waals surface area contributed by atoms with E-state index in [1.807, 2.05) is 29.6 Å². The van der Waals surface area contributed by atoms with E-state index in [1.165, 1.54) is 11.3 Å². The van der Waals surface area contributed by atoms with Gasteiger partial charge in [-0.15, -0.1) is 11.3 Å². The summed E-state index contributed by atoms with van der Waals surface area (Å²) in [6, 6.07) is 13.7. The summed E-state index contributed by atoms with van der Waals surface area (Å²) in [5.41, 5.74) is 2.17. The van der Waals surface area contributed by atoms with E-state index in [0.29, 0.717) is 10.7 Å². The second-order valence-electron chi connectivity index (χ2n) is 5.96. The third-order valence-corrected chi connectivity index (χ3v) is 5.25. The van der Waals surface area contributed by atoms with Gasteiger partial charge in [0, 0.05) is 21.0 Å². The van der Waals surface area contributed by atoms with Crippen molar-refractivity contribution in [1.29, 1.82) is 0 Å². The lowest BCUT2D eigenvalue weighted by Crippen LogP contribution is -2.41. The quantitative estimate of drug-likeness (QED) is 0.574. The van der Waals surface area contributed by atoms with Gasteiger partial charge in [-0.2, -0.15) is 0 Å². The molecule has 144 valence electrons. The molecule has 1 atom stereocenters. The number of halogens is 1. The van der Waals surface area contributed by atoms with Crippen LogP contribution in [0, 0.1) is 0 Å². The Morgan fingerprint density at radius 1 is 1.11 bits per heavy atom. The van der Waals surface area contributed by atoms with Crippen LogP contribution in [-0.4, -0.2) is 29.9 Å². The summed E-state index contributed by atoms with van der Waals surface area (Å²) in [6.07, 6.45) is 0. The number of carbonyl (C=O) groups is 2. The Labute approximate surface area is 175 Å². The normalized spacial score (nSPS) is 11.5. The maximum absolute atomic E-state index is 12.4. The summed E-state index contributed by atoms with van der Waals surface area (Å²) < 4.78 is 6.03. The number of methoxy groups -OCH3 is 1. The van der Waals surface area contributed by atoms with Crippen LogP contribution in [0.2, 0.25) is 0 Å². The molecule has 1 aromatic heterocycles. The largest absolute Gasteiger partial charge is 0.497 e. The second-order valence-corrected chi connectivity index (χ2v) is 7.73. The summed E-state index contributed by atoms with van der Waals surface area (Å²) in [7, 11) is 1.61. The number of thiazole rings is 1. The number of rotatable bonds is 6. The Hall–Kier alpha value is -2.71. The van der Waals surface area contributed by atoms with E-state index in [1.54, 1.807) is 38.3 Å². The predicted octanol–water partition coefficient (Wildman–Crippen LogP) is 4.34. The Kier molecular flexibility index (Phi) is 6.43. The van der Waals surface area contributed by atoms with Crippen LogP contribution in [-0.2, 0) is 4.79 Å². The number of hydrogen-bond donors (Lipinski definition) is 2. The average Bonchev–Trinajstić information content (AvgIpc) is 3.17. The number of aromatic nitrogens is 1. The standard InChI is InChI=1S/C20H18BrN3O3S/c1-12(22-19(26)14-3-7-15(21)8-4-14)18(25)24-20-23-17(11-28-20)13-5-9-16(27-2)10-6-13/h3-12H,1-2H3,(H,22,26)(H,23,24,25)/t12-/m0/s1. The first-order chi connectivity index (χ1) is 13.5. The first-order valence-corrected chi connectivity index (χ1v) is 10.1. The van der Waals surface area contributed by atoms with E-state index < -0.39 is 6.04 Å². The van der Waals surface area contributed by atoms with Crippen LogP contribution < -0.4 is 15.4 Å². The molecule has 0 bridgehead atoms. The minimum Gasteiger partial charge on any atom is -0.497 e. The summed E-state index contributed by atoms with van der Waals surface area (Å²) in [5.74, 6) is 0.122. The van der Waals surface area contributed by atoms with Crippen LogP contribution >= 0.6 is 27.3 Å². The molecule has 2 amide bonds. The van der Waals surface area contributed by atoms with E-state index in [2.05, 4.69) is 31.5 Å². The number of ether oxygens (including phenoxy) is 1. The molecular weight excluding hydrogens is 442 g/mol. The van der Waals surface area contributed by atoms with Crippen molar-refractivity contribution < 1.29 is 14.3 Å². The molecule has 0 fully saturated rings. The van der Waals surface area contributed by atoms with Crippen molar-refractivity contribution in [1.82, 2.24) is 10.3 Å². The molecule has 0 spiro atoms. The van der Waals surface area contributed by atoms with Gasteiger partial charge in [-0.05, 0) is 55.5 Å². The minimum absolute atomic E-state index is 0.312. The van der Waals surface area contributed by atoms with E-state index in [9.17, 15) is 9.59 Å². The number of anilines is 1. The Bertz CT molecular complexity index is 971. The van der Waals surface area contributed by atoms with Gasteiger partial charge in [0.2, 0.25) is 5.91 Å². The number of carbonyl (C=O) groups excluding carboxylic acids is 2. The molecule has 0 saturated heterocycles. The molecular formula is C20H18BrN3O3S. The van der Waals surface area contributed by atoms with Crippen molar-refractivity contribution in [3.8, 4) is 17.0 Å². The fourth-order valence-corrected chi connectivity index (χ4v) is 3.37. The third-order valence-electron chi connectivity index (χ3n) is 3.97. The molecule has 0 radical (unpaired) electrons. The van der Waals surface area contributed by atoms with E-state index in [4.69, 9.17) is 4.74 Å². The van der Waals surface area contributed by atoms with Gasteiger partial charge < -0.3 is 15.4 Å². The van der Waals surface area contributed by atoms with Crippen molar-refractivity contribution in [3.63, 3.8) is 0 Å². The van der Waals surface area contributed by atoms with Gasteiger partial charge in [0.05, 0.1) is 12.8 Å². The van der Waals surface area contributed by atoms with Crippen molar-refractivity contribution in [3.05, 3.63) is 63.9 Å². The van der Waals surface area contributed by atoms with Gasteiger partial charge in [-0.25, -0.2) is 4.98 Å². The zero-order chi connectivity index (χ0) is 20.1. The van der Waals surface area contributed by atoms with Gasteiger partial charge >= 0.3 is 0 Å². The molecule has 6 nitrogen and oxygen atoms in total. The zero-order valence-corrected chi connectivity index (χ0v) is 17.6. The maximum Gasteiger partial charge on any atom is 0.251 e. The third kappa shape index (κ3) is 4.96. The van der Waals surface area contributed by atoms with Gasteiger partial charge in [0.25, 0.3) is 5.91 Å². The van der Waals surface area contributed by atoms with E-state index >= 15 is 0 Å². The number of nitrogens with one attached hydrogen (secondary N) is 2. The van der Waals surface area contributed by atoms with Gasteiger partial charge in [-0.3, -0.25) is 9.59 Å². The highest BCUT2D eigenvalue weighted by Gasteiger charge is 2.18. The molecule has 0 unspecified atom stereocenters. The second kappa shape index (κ2) is 8.99. The van der Waals surface area contributed by atoms with Gasteiger partial charge in [0.15, 0.2) is 5.13 Å². The maximum atomic E-state index is 12.4. The Morgan fingerprint density at radius 3 is 2.43 bits per heavy atom. The first kappa shape index (κ1) is 20.0. The molecule has 3 rings (SSSR count). The van der Waals surface area contributed by atoms with E-state index in [0.717, 1.165) is 21.5 Å². The summed E-state index contributed by atoms with van der Waals surface area (Å²) >= 11 is 4.65. The molecule has 0 saturated carbocycles. The van der Waals surface area contributed by atoms with Crippen LogP contribution in [0.3, 0.4) is 0 Å². The van der Waals surface area contributed by atoms with Crippen LogP contribution in [0.25, 0.3) is 11.3 Å². The molecule has 2 aromatic carbocycles. The highest BCUT2D eigenvalue weighted by molar-refractivity contribution is 9.10. The van der Waals surface area contributed by atoms with E-state index in [-0.39, 0.29) is 11.8 Å². The number of benzene rings is 2. The van der Waals surface area contributed by atoms with Crippen molar-refractivity contribution in [2.45, 2.75) is 13.0 Å². The first-order valence-electron chi connectivity index (χ1n) is 8.43. The SMILES string of the molecule is COc1ccc(-c2csc(NC(=O)[C@H](C)NC(=O)c3ccc(Br)cc3)n2)cc1. The zero-order valence-electron chi connectivity index (χ0n) is 15.2. The van der Waals surface area contributed by atoms with Crippen molar-refractivity contribution >= 4 is 44.2 Å². The van der Waals surface area contributed by atoms with Crippen LogP contribution in [0.15, 0.2) is 58.4 Å². The lowest BCUT2D eigenvalue weighted by atomic mass is 10.2. The summed E-state index contributed by atoms with van der Waals surface area (Å²) in [6.45, 7) is 1.63. The molecule has 0 aliphatic carbocycles. The lowest BCUT2D eigenvalue weighted by molar-refractivity contribution is -0.117. The molecule has 2 N–H and O–H groups in total. The smallest absolute Gasteiger partial charge is 0.251 e. The summed E-state index contributed by atoms with van der Waals surface area (Å²) in [4.78, 5) is 29.0. The topological polar surface area (TPSA) is 80.3 Å². The van der Waals surface area contributed by atoms with Crippen molar-refractivity contribution in [2.24, 2.45) is 0 Å². The van der Waals surface area contributed by atoms with Gasteiger partial charge in [0.1, 0.15) is 11.8 Å². The Morgan fingerprint density at radius 2 is 1.79 bits per heavy atom. The lowest BCUT2D eigenvalue weighted by Gasteiger charge is -2.13. The van der Waals surface area contributed by atoms with Crippen LogP contribution in [0.4, 0.5) is 5.13 Å². The monoisotopic (exact) mass is 459 g/mol. The molecule has 28 heavy (non-hydrogen) atoms. The minimum atomic E-state index is -0.704. The molecule has 0 aliphatic rings. The molecule has 1 heterocycles. The Balaban J connectivity index is 1.60. The number of hydrogen-bond acceptors (Lipinski definition) is 5. The molecule has 0 aliphatic heterocycles.